The predicted molar refractivity (Wildman–Crippen MR) is 513 cm³/mol. The number of pyridine rings is 3. The Hall–Kier alpha value is -11.5. The van der Waals surface area contributed by atoms with Gasteiger partial charge in [0.1, 0.15) is 19.8 Å². The number of carbonyl (C=O) groups is 1. The normalized spacial score (nSPS) is 20.5. The lowest BCUT2D eigenvalue weighted by atomic mass is 9.50. The van der Waals surface area contributed by atoms with Gasteiger partial charge in [-0.1, -0.05) is 0 Å². The Bertz CT molecular complexity index is 5910. The van der Waals surface area contributed by atoms with E-state index in [2.05, 4.69) is 134 Å². The molecule has 41 nitrogen and oxygen atoms in total. The highest BCUT2D eigenvalue weighted by Crippen LogP contribution is 2.57. The van der Waals surface area contributed by atoms with Crippen LogP contribution in [0.5, 0.6) is 35.3 Å². The fourth-order valence-corrected chi connectivity index (χ4v) is 16.9. The van der Waals surface area contributed by atoms with Crippen LogP contribution in [-0.4, -0.2) is 211 Å². The van der Waals surface area contributed by atoms with Gasteiger partial charge in [-0.05, 0) is 259 Å². The number of halogens is 8. The zero-order chi connectivity index (χ0) is 95.2. The number of aliphatic hydroxyl groups is 1. The lowest BCUT2D eigenvalue weighted by molar-refractivity contribution is -0.0441. The Morgan fingerprint density at radius 3 is 1.05 bits per heavy atom. The second-order valence-electron chi connectivity index (χ2n) is 36.5. The van der Waals surface area contributed by atoms with Crippen LogP contribution in [0.3, 0.4) is 0 Å². The second-order valence-corrected chi connectivity index (χ2v) is 38.5. The van der Waals surface area contributed by atoms with Crippen LogP contribution in [0.1, 0.15) is 139 Å². The Labute approximate surface area is 832 Å². The highest BCUT2D eigenvalue weighted by atomic mass is 35.5. The summed E-state index contributed by atoms with van der Waals surface area (Å²) in [7, 11) is 5.78. The van der Waals surface area contributed by atoms with Crippen molar-refractivity contribution in [3.63, 3.8) is 0 Å². The predicted octanol–water partition coefficient (Wildman–Crippen LogP) is 12.1. The van der Waals surface area contributed by atoms with Crippen LogP contribution in [0.2, 0.25) is 31.7 Å². The molecule has 1 amide bonds. The van der Waals surface area contributed by atoms with Gasteiger partial charge >= 0.3 is 18.0 Å². The number of piperidine rings is 3. The Balaban J connectivity index is 0.000000148. The lowest BCUT2D eigenvalue weighted by Gasteiger charge is -2.61. The van der Waals surface area contributed by atoms with Crippen molar-refractivity contribution in [2.75, 3.05) is 113 Å². The summed E-state index contributed by atoms with van der Waals surface area (Å²) < 4.78 is 40.5. The number of hydrogen-bond acceptors (Lipinski definition) is 37. The molecule has 3 aliphatic heterocycles. The van der Waals surface area contributed by atoms with E-state index in [4.69, 9.17) is 137 Å². The molecule has 0 spiro atoms. The summed E-state index contributed by atoms with van der Waals surface area (Å²) in [4.78, 5) is 90.7. The van der Waals surface area contributed by atoms with E-state index < -0.39 is 10.8 Å². The zero-order valence-electron chi connectivity index (χ0n) is 75.4. The van der Waals surface area contributed by atoms with Crippen molar-refractivity contribution in [2.45, 2.75) is 139 Å². The third-order valence-electron chi connectivity index (χ3n) is 25.4. The highest BCUT2D eigenvalue weighted by Gasteiger charge is 2.58. The molecule has 4 bridgehead atoms. The molecule has 0 aromatic carbocycles. The molecule has 10 aromatic heterocycles. The van der Waals surface area contributed by atoms with Gasteiger partial charge in [-0.25, -0.2) is 29.9 Å². The molecule has 11 N–H and O–H groups in total. The van der Waals surface area contributed by atoms with Crippen molar-refractivity contribution in [3.05, 3.63) is 112 Å². The second kappa shape index (κ2) is 45.4. The number of nitrogens with zero attached hydrogens (tertiary/aromatic N) is 27. The molecule has 13 heterocycles. The van der Waals surface area contributed by atoms with Crippen molar-refractivity contribution >= 4 is 130 Å². The standard InChI is InChI=1S/C29H34N10O3.C23H26ClN9O2.C15H21N5O.C8H6Cl2N4O.C5H7NO.C5H9N.C3Cl3N3.2ClH/c1-38-13-21(33-17-38)20-8-22(23(31)32-12-20)41-14-18-2-6-39(7-3-18)26-34-24(25(40)37-29-9-19(10-29)11-29)35-27(36-26)42-16-28(15-30)4-5-28;1-32-10-17(28-14-32)16-8-18(19(26)27-9-16)34-11-15-2-6-33(7-3-15)21-29-20(24)30-22(31-21)35-13-23(12-25)4-5-23;1-20-8-13(19-10-20)12-6-14(15(16)18-7-12)21-9-11-2-4-17-5-3-11;9-5-12-6(10)14-7(13-5)15-4-8(3-11)1-2-8;6-3-5(4-7)1-2-5;6-5-1-4(2-5)3-5;4-1-7-2(5)9-3(6)8-1;;/h8,12-13,17-19H,2-7,9-11,14,16H2,1H3,(H2,31,32)(H,37,40);8-10,14-15H,2-7,11,13H2,1H3,(H2,26,27);6-8,10-11,17H,2-5,9H2,1H3,(H2,16,18);1-2,4H2;7H,1-2,4H2;4H,1-3,6H2;;2*1H. The van der Waals surface area contributed by atoms with E-state index in [1.165, 1.54) is 19.3 Å². The third-order valence-corrected chi connectivity index (χ3v) is 26.4. The SMILES string of the molecule is Cl.Cl.Clc1nc(Cl)nc(Cl)n1.Cn1cnc(-c2cnc(N)c(OCC3CCN(c4nc(Cl)nc(OCC5(C#N)CC5)n4)CC3)c2)c1.Cn1cnc(-c2cnc(N)c(OCC3CCN(c4nc(OCC5(C#N)CC5)nc(C(=O)NC56CC(C5)C6)n4)CC3)c2)c1.Cn1cnc(-c2cnc(N)c(OCC3CCNCC3)c2)c1.N#CC1(CO)CC1.N#CC1(COc2nc(Cl)nc(Cl)n2)CC1.NC12CC(C1)C2. The van der Waals surface area contributed by atoms with Gasteiger partial charge in [-0.3, -0.25) is 4.79 Å². The molecule has 726 valence electrons. The number of aryl methyl sites for hydroxylation is 3. The monoisotopic (exact) mass is 2030 g/mol. The first kappa shape index (κ1) is 103. The average Bonchev–Trinajstić information content (AvgIpc) is 1.57. The summed E-state index contributed by atoms with van der Waals surface area (Å²) in [6, 6.07) is 14.8. The molecule has 3 saturated heterocycles. The van der Waals surface area contributed by atoms with E-state index >= 15 is 0 Å². The molecule has 13 aliphatic rings. The number of nitrogens with one attached hydrogen (secondary N) is 2. The fourth-order valence-electron chi connectivity index (χ4n) is 15.8. The van der Waals surface area contributed by atoms with Gasteiger partial charge in [-0.2, -0.15) is 80.9 Å². The average molecular weight is 2040 g/mol. The number of aromatic nitrogens is 21. The van der Waals surface area contributed by atoms with E-state index in [-0.39, 0.29) is 129 Å². The molecule has 137 heavy (non-hydrogen) atoms. The molecule has 0 unspecified atom stereocenters. The van der Waals surface area contributed by atoms with E-state index in [1.807, 2.05) is 71.6 Å². The molecule has 13 fully saturated rings. The summed E-state index contributed by atoms with van der Waals surface area (Å²) in [5.74, 6) is 6.58. The number of nitriles is 4. The fraction of sp³-hybridized carbons (Fsp3) is 0.534. The summed E-state index contributed by atoms with van der Waals surface area (Å²) in [6.07, 6.45) is 35.7. The molecule has 10 aromatic rings. The quantitative estimate of drug-likeness (QED) is 0.0265. The molecule has 10 aliphatic carbocycles. The van der Waals surface area contributed by atoms with Gasteiger partial charge in [0, 0.05) is 112 Å². The Morgan fingerprint density at radius 1 is 0.445 bits per heavy atom. The number of carbonyl (C=O) groups excluding carboxylic acids is 1. The summed E-state index contributed by atoms with van der Waals surface area (Å²) in [5.41, 5.74) is 27.6. The lowest BCUT2D eigenvalue weighted by Crippen LogP contribution is -2.68. The topological polar surface area (TPSA) is 569 Å². The maximum absolute atomic E-state index is 13.1. The Morgan fingerprint density at radius 2 is 0.759 bits per heavy atom. The number of imidazole rings is 3. The zero-order valence-corrected chi connectivity index (χ0v) is 81.6. The first-order valence-electron chi connectivity index (χ1n) is 44.4. The minimum atomic E-state index is -0.477. The van der Waals surface area contributed by atoms with Crippen LogP contribution in [0.15, 0.2) is 74.4 Å². The minimum absolute atomic E-state index is 0. The number of ether oxygens (including phenoxy) is 6. The van der Waals surface area contributed by atoms with Gasteiger partial charge in [0.15, 0.2) is 34.7 Å². The van der Waals surface area contributed by atoms with Crippen LogP contribution in [0.4, 0.5) is 29.4 Å². The smallest absolute Gasteiger partial charge is 0.322 e. The van der Waals surface area contributed by atoms with Crippen LogP contribution >= 0.6 is 94.4 Å². The third kappa shape index (κ3) is 28.2. The molecule has 0 atom stereocenters. The van der Waals surface area contributed by atoms with Crippen molar-refractivity contribution in [3.8, 4) is 93.3 Å². The van der Waals surface area contributed by atoms with E-state index in [0.29, 0.717) is 103 Å². The van der Waals surface area contributed by atoms with Gasteiger partial charge in [0.25, 0.3) is 5.91 Å². The number of anilines is 5. The van der Waals surface area contributed by atoms with Gasteiger partial charge in [0.05, 0.1) is 108 Å². The van der Waals surface area contributed by atoms with E-state index in [9.17, 15) is 15.3 Å². The van der Waals surface area contributed by atoms with Gasteiger partial charge in [-0.15, -0.1) is 24.8 Å². The number of nitrogen functional groups attached to an aromatic ring is 3. The number of amides is 1. The minimum Gasteiger partial charge on any atom is -0.489 e. The molecule has 10 saturated carbocycles. The van der Waals surface area contributed by atoms with Crippen molar-refractivity contribution in [1.29, 1.82) is 21.0 Å². The maximum Gasteiger partial charge on any atom is 0.322 e. The van der Waals surface area contributed by atoms with Gasteiger partial charge < -0.3 is 90.6 Å². The summed E-state index contributed by atoms with van der Waals surface area (Å²) in [6.45, 7) is 7.52. The number of nitrogens with two attached hydrogens (primary N) is 4. The summed E-state index contributed by atoms with van der Waals surface area (Å²) >= 11 is 33.2. The van der Waals surface area contributed by atoms with Crippen molar-refractivity contribution < 1.29 is 38.3 Å². The number of rotatable bonds is 26. The van der Waals surface area contributed by atoms with E-state index in [1.54, 1.807) is 37.6 Å². The molecule has 0 radical (unpaired) electrons. The first-order valence-corrected chi connectivity index (χ1v) is 46.7. The molecule has 49 heteroatoms. The Kier molecular flexibility index (Phi) is 34.1. The van der Waals surface area contributed by atoms with Crippen LogP contribution in [-0.2, 0) is 21.1 Å². The molecule has 23 rings (SSSR count). The van der Waals surface area contributed by atoms with E-state index in [0.717, 1.165) is 181 Å². The van der Waals surface area contributed by atoms with Crippen LogP contribution < -0.4 is 71.8 Å². The first-order chi connectivity index (χ1) is 64.9. The molecular formula is C88H105Cl8N33O8. The maximum atomic E-state index is 13.1. The van der Waals surface area contributed by atoms with Crippen LogP contribution in [0.25, 0.3) is 33.8 Å². The van der Waals surface area contributed by atoms with Crippen molar-refractivity contribution in [1.82, 2.24) is 114 Å². The number of hydrogen-bond donors (Lipinski definition) is 7. The summed E-state index contributed by atoms with van der Waals surface area (Å²) in [5, 5.41) is 50.7. The molecular weight excluding hydrogens is 1930 g/mol. The number of aliphatic hydroxyl groups excluding tert-OH is 1. The van der Waals surface area contributed by atoms with Crippen molar-refractivity contribution in [2.24, 2.45) is 78.1 Å². The largest absolute Gasteiger partial charge is 0.489 e. The van der Waals surface area contributed by atoms with Gasteiger partial charge in [0.2, 0.25) is 49.4 Å². The van der Waals surface area contributed by atoms with Crippen LogP contribution in [0, 0.1) is 96.6 Å². The highest BCUT2D eigenvalue weighted by molar-refractivity contribution is 6.33.